The van der Waals surface area contributed by atoms with E-state index < -0.39 is 0 Å². The van der Waals surface area contributed by atoms with Crippen molar-refractivity contribution in [3.05, 3.63) is 21.9 Å². The van der Waals surface area contributed by atoms with Gasteiger partial charge in [-0.1, -0.05) is 0 Å². The highest BCUT2D eigenvalue weighted by molar-refractivity contribution is 7.99. The molecule has 1 amide bonds. The number of hydrogen-bond donors (Lipinski definition) is 0. The molecule has 0 radical (unpaired) electrons. The van der Waals surface area contributed by atoms with E-state index in [2.05, 4.69) is 11.4 Å². The number of amides is 1. The Labute approximate surface area is 92.3 Å². The molecule has 4 heteroatoms. The second-order valence-electron chi connectivity index (χ2n) is 3.37. The number of carbonyl (C=O) groups is 1. The molecule has 0 spiro atoms. The van der Waals surface area contributed by atoms with Crippen molar-refractivity contribution in [2.24, 2.45) is 0 Å². The molecule has 1 aliphatic rings. The quantitative estimate of drug-likeness (QED) is 0.770. The molecule has 76 valence electrons. The van der Waals surface area contributed by atoms with E-state index in [1.54, 1.807) is 11.8 Å². The standard InChI is InChI=1S/C10H13NOS2/c1-13-7-10(12)11-4-2-9-8(6-11)3-5-14-9/h3,5H,2,4,6-7H2,1H3. The number of nitrogens with zero attached hydrogens (tertiary/aromatic N) is 1. The largest absolute Gasteiger partial charge is 0.337 e. The summed E-state index contributed by atoms with van der Waals surface area (Å²) in [4.78, 5) is 15.1. The predicted molar refractivity (Wildman–Crippen MR) is 61.8 cm³/mol. The Hall–Kier alpha value is -0.480. The summed E-state index contributed by atoms with van der Waals surface area (Å²) in [5, 5.41) is 2.12. The van der Waals surface area contributed by atoms with E-state index in [0.29, 0.717) is 5.75 Å². The Balaban J connectivity index is 2.04. The van der Waals surface area contributed by atoms with E-state index in [0.717, 1.165) is 19.5 Å². The molecule has 0 atom stereocenters. The van der Waals surface area contributed by atoms with Crippen LogP contribution in [-0.2, 0) is 17.8 Å². The van der Waals surface area contributed by atoms with Crippen LogP contribution in [0.15, 0.2) is 11.4 Å². The molecule has 0 N–H and O–H groups in total. The second kappa shape index (κ2) is 4.36. The van der Waals surface area contributed by atoms with Gasteiger partial charge in [-0.05, 0) is 29.7 Å². The number of hydrogen-bond acceptors (Lipinski definition) is 3. The molecule has 0 bridgehead atoms. The van der Waals surface area contributed by atoms with Crippen LogP contribution < -0.4 is 0 Å². The predicted octanol–water partition coefficient (Wildman–Crippen LogP) is 2.00. The fourth-order valence-electron chi connectivity index (χ4n) is 1.68. The van der Waals surface area contributed by atoms with Crippen LogP contribution in [0.4, 0.5) is 0 Å². The summed E-state index contributed by atoms with van der Waals surface area (Å²) in [6.45, 7) is 1.71. The van der Waals surface area contributed by atoms with Crippen molar-refractivity contribution >= 4 is 29.0 Å². The molecular weight excluding hydrogens is 214 g/mol. The average Bonchev–Trinajstić information content (AvgIpc) is 2.64. The third kappa shape index (κ3) is 1.96. The van der Waals surface area contributed by atoms with Crippen molar-refractivity contribution in [2.45, 2.75) is 13.0 Å². The summed E-state index contributed by atoms with van der Waals surface area (Å²) in [6, 6.07) is 2.14. The van der Waals surface area contributed by atoms with Gasteiger partial charge in [0.1, 0.15) is 0 Å². The first-order valence-corrected chi connectivity index (χ1v) is 6.90. The first-order valence-electron chi connectivity index (χ1n) is 4.63. The summed E-state index contributed by atoms with van der Waals surface area (Å²) in [7, 11) is 0. The van der Waals surface area contributed by atoms with Gasteiger partial charge >= 0.3 is 0 Å². The molecule has 0 unspecified atom stereocenters. The Kier molecular flexibility index (Phi) is 3.13. The summed E-state index contributed by atoms with van der Waals surface area (Å²) in [5.41, 5.74) is 1.34. The van der Waals surface area contributed by atoms with Crippen LogP contribution in [0.1, 0.15) is 10.4 Å². The molecule has 1 aliphatic heterocycles. The van der Waals surface area contributed by atoms with Crippen molar-refractivity contribution in [3.8, 4) is 0 Å². The highest BCUT2D eigenvalue weighted by atomic mass is 32.2. The van der Waals surface area contributed by atoms with E-state index in [1.165, 1.54) is 10.4 Å². The van der Waals surface area contributed by atoms with Crippen molar-refractivity contribution in [1.82, 2.24) is 4.90 Å². The monoisotopic (exact) mass is 227 g/mol. The SMILES string of the molecule is CSCC(=O)N1CCc2sccc2C1. The zero-order valence-corrected chi connectivity index (χ0v) is 9.79. The molecule has 0 aliphatic carbocycles. The molecule has 14 heavy (non-hydrogen) atoms. The smallest absolute Gasteiger partial charge is 0.232 e. The highest BCUT2D eigenvalue weighted by Crippen LogP contribution is 2.24. The van der Waals surface area contributed by atoms with Gasteiger partial charge in [0.15, 0.2) is 0 Å². The molecular formula is C10H13NOS2. The third-order valence-corrected chi connectivity index (χ3v) is 3.99. The summed E-state index contributed by atoms with van der Waals surface area (Å²) in [5.74, 6) is 0.883. The second-order valence-corrected chi connectivity index (χ2v) is 5.23. The van der Waals surface area contributed by atoms with Crippen molar-refractivity contribution in [1.29, 1.82) is 0 Å². The Morgan fingerprint density at radius 1 is 1.71 bits per heavy atom. The van der Waals surface area contributed by atoms with Crippen LogP contribution >= 0.6 is 23.1 Å². The molecule has 2 nitrogen and oxygen atoms in total. The lowest BCUT2D eigenvalue weighted by atomic mass is 10.1. The minimum atomic E-state index is 0.273. The number of fused-ring (bicyclic) bond motifs is 1. The molecule has 1 aromatic heterocycles. The normalized spacial score (nSPS) is 15.4. The molecule has 1 aromatic rings. The summed E-state index contributed by atoms with van der Waals surface area (Å²) in [6.07, 6.45) is 3.00. The van der Waals surface area contributed by atoms with Gasteiger partial charge in [-0.15, -0.1) is 11.3 Å². The van der Waals surface area contributed by atoms with Gasteiger partial charge in [0.25, 0.3) is 0 Å². The Bertz CT molecular complexity index is 335. The maximum Gasteiger partial charge on any atom is 0.232 e. The maximum absolute atomic E-state index is 11.6. The minimum Gasteiger partial charge on any atom is -0.337 e. The number of carbonyl (C=O) groups excluding carboxylic acids is 1. The zero-order valence-electron chi connectivity index (χ0n) is 8.16. The van der Waals surface area contributed by atoms with Crippen LogP contribution in [0.3, 0.4) is 0 Å². The zero-order chi connectivity index (χ0) is 9.97. The van der Waals surface area contributed by atoms with E-state index in [9.17, 15) is 4.79 Å². The van der Waals surface area contributed by atoms with E-state index in [4.69, 9.17) is 0 Å². The van der Waals surface area contributed by atoms with Gasteiger partial charge in [0, 0.05) is 18.0 Å². The van der Waals surface area contributed by atoms with E-state index in [-0.39, 0.29) is 5.91 Å². The van der Waals surface area contributed by atoms with Crippen LogP contribution in [0.2, 0.25) is 0 Å². The first kappa shape index (κ1) is 10.1. The maximum atomic E-state index is 11.6. The van der Waals surface area contributed by atoms with Gasteiger partial charge < -0.3 is 4.90 Å². The molecule has 0 saturated carbocycles. The highest BCUT2D eigenvalue weighted by Gasteiger charge is 2.20. The first-order chi connectivity index (χ1) is 6.81. The average molecular weight is 227 g/mol. The van der Waals surface area contributed by atoms with Gasteiger partial charge in [-0.2, -0.15) is 11.8 Å². The summed E-state index contributed by atoms with van der Waals surface area (Å²) < 4.78 is 0. The lowest BCUT2D eigenvalue weighted by Crippen LogP contribution is -2.36. The van der Waals surface area contributed by atoms with Crippen molar-refractivity contribution < 1.29 is 4.79 Å². The number of thiophene rings is 1. The number of rotatable bonds is 2. The summed E-state index contributed by atoms with van der Waals surface area (Å²) >= 11 is 3.41. The Morgan fingerprint density at radius 3 is 3.36 bits per heavy atom. The number of thioether (sulfide) groups is 1. The van der Waals surface area contributed by atoms with Crippen LogP contribution in [0.25, 0.3) is 0 Å². The topological polar surface area (TPSA) is 20.3 Å². The van der Waals surface area contributed by atoms with Crippen LogP contribution in [0.5, 0.6) is 0 Å². The lowest BCUT2D eigenvalue weighted by molar-refractivity contribution is -0.129. The van der Waals surface area contributed by atoms with Gasteiger partial charge in [-0.3, -0.25) is 4.79 Å². The molecule has 2 rings (SSSR count). The fraction of sp³-hybridized carbons (Fsp3) is 0.500. The molecule has 2 heterocycles. The van der Waals surface area contributed by atoms with Crippen LogP contribution in [-0.4, -0.2) is 29.4 Å². The molecule has 0 fully saturated rings. The Morgan fingerprint density at radius 2 is 2.57 bits per heavy atom. The lowest BCUT2D eigenvalue weighted by Gasteiger charge is -2.26. The minimum absolute atomic E-state index is 0.273. The van der Waals surface area contributed by atoms with Crippen LogP contribution in [0, 0.1) is 0 Å². The fourth-order valence-corrected chi connectivity index (χ4v) is 3.00. The van der Waals surface area contributed by atoms with Crippen molar-refractivity contribution in [2.75, 3.05) is 18.6 Å². The molecule has 0 saturated heterocycles. The van der Waals surface area contributed by atoms with Gasteiger partial charge in [0.2, 0.25) is 5.91 Å². The van der Waals surface area contributed by atoms with Crippen molar-refractivity contribution in [3.63, 3.8) is 0 Å². The van der Waals surface area contributed by atoms with E-state index in [1.807, 2.05) is 22.5 Å². The molecule has 0 aromatic carbocycles. The van der Waals surface area contributed by atoms with Gasteiger partial charge in [-0.25, -0.2) is 0 Å². The van der Waals surface area contributed by atoms with Gasteiger partial charge in [0.05, 0.1) is 5.75 Å². The van der Waals surface area contributed by atoms with E-state index >= 15 is 0 Å². The third-order valence-electron chi connectivity index (χ3n) is 2.43.